The molecule has 44 heavy (non-hydrogen) atoms. The van der Waals surface area contributed by atoms with Crippen LogP contribution in [-0.2, 0) is 21.9 Å². The maximum Gasteiger partial charge on any atom is 0.264 e. The zero-order valence-electron chi connectivity index (χ0n) is 25.8. The number of benzene rings is 2. The van der Waals surface area contributed by atoms with Crippen LogP contribution in [0.4, 0.5) is 5.69 Å². The molecule has 0 unspecified atom stereocenters. The number of hydrogen-bond donors (Lipinski definition) is 2. The molecule has 1 fully saturated rings. The lowest BCUT2D eigenvalue weighted by Gasteiger charge is -2.45. The minimum absolute atomic E-state index is 0.171. The number of ether oxygens (including phenoxy) is 1. The van der Waals surface area contributed by atoms with Crippen molar-refractivity contribution in [3.63, 3.8) is 0 Å². The molecular weight excluding hydrogens is 596 g/mol. The molecule has 2 N–H and O–H groups in total. The molecule has 9 heteroatoms. The summed E-state index contributed by atoms with van der Waals surface area (Å²) in [4.78, 5) is 15.7. The van der Waals surface area contributed by atoms with Crippen LogP contribution in [0.25, 0.3) is 0 Å². The van der Waals surface area contributed by atoms with Crippen LogP contribution in [0.5, 0.6) is 5.75 Å². The number of rotatable bonds is 11. The molecule has 2 aromatic rings. The fourth-order valence-corrected chi connectivity index (χ4v) is 8.73. The molecule has 3 aliphatic rings. The summed E-state index contributed by atoms with van der Waals surface area (Å²) < 4.78 is 35.0. The van der Waals surface area contributed by atoms with Crippen LogP contribution in [0.3, 0.4) is 0 Å². The normalized spacial score (nSPS) is 24.9. The van der Waals surface area contributed by atoms with E-state index in [0.29, 0.717) is 38.3 Å². The Bertz CT molecular complexity index is 1510. The van der Waals surface area contributed by atoms with Gasteiger partial charge in [0.15, 0.2) is 0 Å². The number of allylic oxidation sites excluding steroid dienone is 1. The van der Waals surface area contributed by atoms with E-state index >= 15 is 0 Å². The van der Waals surface area contributed by atoms with Crippen molar-refractivity contribution in [1.29, 1.82) is 0 Å². The molecule has 0 radical (unpaired) electrons. The van der Waals surface area contributed by atoms with Crippen LogP contribution in [0.15, 0.2) is 61.7 Å². The molecular formula is C35H45ClN2O5S. The van der Waals surface area contributed by atoms with Crippen molar-refractivity contribution in [2.24, 2.45) is 17.8 Å². The van der Waals surface area contributed by atoms with Gasteiger partial charge in [-0.25, -0.2) is 13.1 Å². The zero-order chi connectivity index (χ0) is 31.6. The average Bonchev–Trinajstić information content (AvgIpc) is 3.11. The largest absolute Gasteiger partial charge is 0.490 e. The number of aliphatic hydroxyl groups is 1. The monoisotopic (exact) mass is 640 g/mol. The summed E-state index contributed by atoms with van der Waals surface area (Å²) in [5.74, 6) is 0.254. The van der Waals surface area contributed by atoms with Gasteiger partial charge in [0.1, 0.15) is 5.75 Å². The van der Waals surface area contributed by atoms with Crippen molar-refractivity contribution < 1.29 is 23.1 Å². The predicted molar refractivity (Wildman–Crippen MR) is 177 cm³/mol. The summed E-state index contributed by atoms with van der Waals surface area (Å²) in [6, 6.07) is 11.3. The Morgan fingerprint density at radius 1 is 1.18 bits per heavy atom. The van der Waals surface area contributed by atoms with Gasteiger partial charge in [0.2, 0.25) is 10.0 Å². The van der Waals surface area contributed by atoms with Gasteiger partial charge in [-0.2, -0.15) is 0 Å². The van der Waals surface area contributed by atoms with Crippen molar-refractivity contribution in [3.8, 4) is 5.75 Å². The number of amides is 1. The molecule has 0 bridgehead atoms. The predicted octanol–water partition coefficient (Wildman–Crippen LogP) is 6.44. The van der Waals surface area contributed by atoms with E-state index in [1.165, 1.54) is 11.1 Å². The first-order chi connectivity index (χ1) is 21.0. The van der Waals surface area contributed by atoms with Gasteiger partial charge in [-0.15, -0.1) is 13.2 Å². The number of aliphatic hydroxyl groups excluding tert-OH is 1. The summed E-state index contributed by atoms with van der Waals surface area (Å²) in [6.45, 7) is 12.8. The highest BCUT2D eigenvalue weighted by atomic mass is 35.5. The van der Waals surface area contributed by atoms with E-state index in [-0.39, 0.29) is 28.7 Å². The van der Waals surface area contributed by atoms with Crippen LogP contribution in [0, 0.1) is 17.8 Å². The number of aryl methyl sites for hydroxylation is 1. The van der Waals surface area contributed by atoms with Gasteiger partial charge in [-0.1, -0.05) is 36.7 Å². The molecule has 6 atom stereocenters. The van der Waals surface area contributed by atoms with Crippen molar-refractivity contribution in [2.75, 3.05) is 24.6 Å². The number of carbonyl (C=O) groups is 1. The molecule has 0 aromatic heterocycles. The fraction of sp³-hybridized carbons (Fsp3) is 0.514. The Morgan fingerprint density at radius 3 is 2.66 bits per heavy atom. The van der Waals surface area contributed by atoms with E-state index in [2.05, 4.69) is 34.9 Å². The highest BCUT2D eigenvalue weighted by molar-refractivity contribution is 7.90. The number of anilines is 1. The second-order valence-corrected chi connectivity index (χ2v) is 15.5. The molecule has 2 aromatic carbocycles. The average molecular weight is 641 g/mol. The summed E-state index contributed by atoms with van der Waals surface area (Å²) in [6.07, 6.45) is 9.00. The topological polar surface area (TPSA) is 95.9 Å². The van der Waals surface area contributed by atoms with Crippen LogP contribution in [-0.4, -0.2) is 50.5 Å². The standard InChI is InChI=1S/C35H45ClN2O5S/c1-5-8-23(3)24(4)44(41,42)37-34(40)26-12-16-33-31(19-26)38(20-27-11-14-29(27)32(39)9-6-2)21-35(22-43-33)17-7-10-25-18-28(36)13-15-30(25)35/h5-6,12-13,15-16,18-19,23-24,27,29,32,39H,1-2,7-11,14,17,20-22H2,3-4H3,(H,37,40)/t23-,24+,27-,29+,32-,35-/m0/s1. The first-order valence-corrected chi connectivity index (χ1v) is 17.7. The van der Waals surface area contributed by atoms with Crippen molar-refractivity contribution in [1.82, 2.24) is 4.72 Å². The third-order valence-corrected chi connectivity index (χ3v) is 12.3. The number of carbonyl (C=O) groups excluding carboxylic acids is 1. The van der Waals surface area contributed by atoms with Gasteiger partial charge in [-0.3, -0.25) is 4.79 Å². The van der Waals surface area contributed by atoms with Gasteiger partial charge < -0.3 is 14.7 Å². The number of fused-ring (bicyclic) bond motifs is 3. The Kier molecular flexibility index (Phi) is 9.83. The lowest BCUT2D eigenvalue weighted by atomic mass is 9.68. The number of hydrogen-bond acceptors (Lipinski definition) is 6. The maximum absolute atomic E-state index is 13.4. The molecule has 1 saturated carbocycles. The third kappa shape index (κ3) is 6.58. The van der Waals surface area contributed by atoms with Crippen molar-refractivity contribution in [2.45, 2.75) is 75.6 Å². The summed E-state index contributed by atoms with van der Waals surface area (Å²) in [7, 11) is -3.91. The van der Waals surface area contributed by atoms with Crippen molar-refractivity contribution >= 4 is 33.2 Å². The van der Waals surface area contributed by atoms with E-state index in [9.17, 15) is 18.3 Å². The highest BCUT2D eigenvalue weighted by Gasteiger charge is 2.44. The van der Waals surface area contributed by atoms with E-state index in [1.807, 2.05) is 13.0 Å². The molecule has 5 rings (SSSR count). The van der Waals surface area contributed by atoms with E-state index < -0.39 is 27.3 Å². The molecule has 7 nitrogen and oxygen atoms in total. The summed E-state index contributed by atoms with van der Waals surface area (Å²) >= 11 is 6.39. The SMILES string of the molecule is C=CC[C@H](C)[C@@H](C)S(=O)(=O)NC(=O)c1ccc2c(c1)N(C[C@@H]1CC[C@H]1[C@@H](O)CC=C)C[C@@]1(CCCc3cc(Cl)ccc31)CO2. The quantitative estimate of drug-likeness (QED) is 0.275. The molecule has 238 valence electrons. The minimum Gasteiger partial charge on any atom is -0.490 e. The lowest BCUT2D eigenvalue weighted by Crippen LogP contribution is -2.49. The van der Waals surface area contributed by atoms with Crippen molar-refractivity contribution in [3.05, 3.63) is 83.4 Å². The molecule has 2 aliphatic carbocycles. The van der Waals surface area contributed by atoms with E-state index in [0.717, 1.165) is 42.8 Å². The van der Waals surface area contributed by atoms with E-state index in [4.69, 9.17) is 16.3 Å². The molecule has 1 spiro atoms. The van der Waals surface area contributed by atoms with E-state index in [1.54, 1.807) is 37.3 Å². The van der Waals surface area contributed by atoms with Gasteiger partial charge in [0.05, 0.1) is 23.6 Å². The van der Waals surface area contributed by atoms with Crippen LogP contribution < -0.4 is 14.4 Å². The molecule has 0 saturated heterocycles. The number of halogens is 1. The van der Waals surface area contributed by atoms with Crippen LogP contribution in [0.2, 0.25) is 5.02 Å². The summed E-state index contributed by atoms with van der Waals surface area (Å²) in [5.41, 5.74) is 3.23. The maximum atomic E-state index is 13.4. The Balaban J connectivity index is 1.48. The van der Waals surface area contributed by atoms with Gasteiger partial charge >= 0.3 is 0 Å². The Morgan fingerprint density at radius 2 is 1.95 bits per heavy atom. The number of nitrogens with zero attached hydrogens (tertiary/aromatic N) is 1. The van der Waals surface area contributed by atoms with Crippen LogP contribution >= 0.6 is 11.6 Å². The van der Waals surface area contributed by atoms with Gasteiger partial charge in [0.25, 0.3) is 5.91 Å². The van der Waals surface area contributed by atoms with Crippen LogP contribution in [0.1, 0.15) is 73.9 Å². The molecule has 1 aliphatic heterocycles. The Labute approximate surface area is 267 Å². The Hall–Kier alpha value is -2.81. The highest BCUT2D eigenvalue weighted by Crippen LogP contribution is 2.46. The molecule has 1 heterocycles. The second kappa shape index (κ2) is 13.3. The third-order valence-electron chi connectivity index (χ3n) is 10.2. The fourth-order valence-electron chi connectivity index (χ4n) is 7.25. The zero-order valence-corrected chi connectivity index (χ0v) is 27.4. The number of nitrogens with one attached hydrogen (secondary N) is 1. The minimum atomic E-state index is -3.91. The van der Waals surface area contributed by atoms with Gasteiger partial charge in [-0.05, 0) is 111 Å². The van der Waals surface area contributed by atoms with Gasteiger partial charge in [0, 0.05) is 29.1 Å². The molecule has 1 amide bonds. The first kappa shape index (κ1) is 32.6. The summed E-state index contributed by atoms with van der Waals surface area (Å²) in [5, 5.41) is 10.8. The lowest BCUT2D eigenvalue weighted by molar-refractivity contribution is 0.0178. The number of sulfonamides is 1. The second-order valence-electron chi connectivity index (χ2n) is 13.1. The smallest absolute Gasteiger partial charge is 0.264 e. The first-order valence-electron chi connectivity index (χ1n) is 15.7.